The number of hydrogen-bond acceptors (Lipinski definition) is 8. The summed E-state index contributed by atoms with van der Waals surface area (Å²) >= 11 is 0. The number of anilines is 3. The van der Waals surface area contributed by atoms with Crippen LogP contribution < -0.4 is 15.8 Å². The molecule has 4 N–H and O–H groups in total. The number of nitrogen functional groups attached to an aromatic ring is 1. The number of likely N-dealkylation sites (tertiary alicyclic amines) is 1. The molecule has 9 nitrogen and oxygen atoms in total. The van der Waals surface area contributed by atoms with Crippen LogP contribution in [-0.4, -0.2) is 58.1 Å². The molecule has 2 aliphatic heterocycles. The van der Waals surface area contributed by atoms with E-state index < -0.39 is 0 Å². The number of nitrogens with two attached hydrogens (primary N) is 1. The van der Waals surface area contributed by atoms with Gasteiger partial charge in [0.15, 0.2) is 0 Å². The van der Waals surface area contributed by atoms with Crippen LogP contribution in [0.1, 0.15) is 38.3 Å². The number of aryl methyl sites for hydroxylation is 2. The number of benzene rings is 2. The standard InChI is InChI=1S/C28H31N7O2/c1-16-5-17(2)7-20(6-16)32-28-31-11-19-12-34(15-25(19)33-28)21-13-35(14-21)27(36)23-8-22(18(3)10-29)24(30)9-26(23)37-4/h5-11,21,29H,3,12-15,30H2,1-2,4H3,(H,31,32,33). The molecule has 2 aromatic carbocycles. The molecule has 1 fully saturated rings. The number of nitrogens with one attached hydrogen (secondary N) is 2. The number of ether oxygens (including phenoxy) is 1. The molecule has 190 valence electrons. The Hall–Kier alpha value is -4.24. The van der Waals surface area contributed by atoms with E-state index in [2.05, 4.69) is 53.8 Å². The zero-order valence-corrected chi connectivity index (χ0v) is 21.3. The lowest BCUT2D eigenvalue weighted by Gasteiger charge is -2.44. The largest absolute Gasteiger partial charge is 0.496 e. The zero-order chi connectivity index (χ0) is 26.3. The first-order valence-electron chi connectivity index (χ1n) is 12.2. The minimum Gasteiger partial charge on any atom is -0.496 e. The number of nitrogens with zero attached hydrogens (tertiary/aromatic N) is 4. The lowest BCUT2D eigenvalue weighted by atomic mass is 9.99. The van der Waals surface area contributed by atoms with E-state index in [9.17, 15) is 4.79 Å². The molecule has 1 amide bonds. The van der Waals surface area contributed by atoms with Crippen molar-refractivity contribution in [1.82, 2.24) is 19.8 Å². The van der Waals surface area contributed by atoms with Crippen LogP contribution in [0, 0.1) is 19.3 Å². The Morgan fingerprint density at radius 1 is 1.16 bits per heavy atom. The summed E-state index contributed by atoms with van der Waals surface area (Å²) in [5.41, 5.74) is 13.4. The fraction of sp³-hybridized carbons (Fsp3) is 0.286. The molecule has 37 heavy (non-hydrogen) atoms. The molecule has 1 aromatic heterocycles. The van der Waals surface area contributed by atoms with E-state index in [1.807, 2.05) is 6.20 Å². The number of carbonyl (C=O) groups excluding carboxylic acids is 1. The first kappa shape index (κ1) is 24.5. The third-order valence-corrected chi connectivity index (χ3v) is 6.95. The van der Waals surface area contributed by atoms with Gasteiger partial charge in [0, 0.05) is 73.2 Å². The average Bonchev–Trinajstić information content (AvgIpc) is 3.24. The fourth-order valence-corrected chi connectivity index (χ4v) is 4.98. The topological polar surface area (TPSA) is 120 Å². The molecule has 0 spiro atoms. The number of aromatic nitrogens is 2. The van der Waals surface area contributed by atoms with Crippen LogP contribution >= 0.6 is 0 Å². The maximum absolute atomic E-state index is 13.3. The first-order valence-corrected chi connectivity index (χ1v) is 12.2. The Labute approximate surface area is 216 Å². The van der Waals surface area contributed by atoms with Gasteiger partial charge in [0.05, 0.1) is 18.4 Å². The van der Waals surface area contributed by atoms with Crippen molar-refractivity contribution >= 4 is 35.0 Å². The van der Waals surface area contributed by atoms with E-state index in [0.717, 1.165) is 36.2 Å². The van der Waals surface area contributed by atoms with Gasteiger partial charge in [0.2, 0.25) is 5.95 Å². The second-order valence-corrected chi connectivity index (χ2v) is 9.75. The third-order valence-electron chi connectivity index (χ3n) is 6.95. The van der Waals surface area contributed by atoms with E-state index in [4.69, 9.17) is 20.9 Å². The van der Waals surface area contributed by atoms with Gasteiger partial charge < -0.3 is 26.1 Å². The summed E-state index contributed by atoms with van der Waals surface area (Å²) < 4.78 is 5.42. The molecule has 0 radical (unpaired) electrons. The second kappa shape index (κ2) is 9.67. The summed E-state index contributed by atoms with van der Waals surface area (Å²) in [5, 5.41) is 10.8. The van der Waals surface area contributed by atoms with Crippen LogP contribution in [0.25, 0.3) is 5.57 Å². The molecule has 3 heterocycles. The van der Waals surface area contributed by atoms with Crippen LogP contribution in [0.3, 0.4) is 0 Å². The number of carbonyl (C=O) groups is 1. The lowest BCUT2D eigenvalue weighted by Crippen LogP contribution is -2.59. The van der Waals surface area contributed by atoms with Crippen molar-refractivity contribution in [1.29, 1.82) is 5.41 Å². The second-order valence-electron chi connectivity index (χ2n) is 9.75. The molecule has 0 bridgehead atoms. The van der Waals surface area contributed by atoms with Crippen molar-refractivity contribution in [3.63, 3.8) is 0 Å². The maximum Gasteiger partial charge on any atom is 0.257 e. The van der Waals surface area contributed by atoms with Gasteiger partial charge in [-0.1, -0.05) is 12.6 Å². The van der Waals surface area contributed by atoms with Gasteiger partial charge in [-0.2, -0.15) is 0 Å². The summed E-state index contributed by atoms with van der Waals surface area (Å²) in [6, 6.07) is 9.82. The molecule has 5 rings (SSSR count). The number of amides is 1. The highest BCUT2D eigenvalue weighted by Crippen LogP contribution is 2.33. The Kier molecular flexibility index (Phi) is 6.39. The smallest absolute Gasteiger partial charge is 0.257 e. The number of hydrogen-bond donors (Lipinski definition) is 3. The van der Waals surface area contributed by atoms with Crippen molar-refractivity contribution in [2.24, 2.45) is 0 Å². The molecule has 2 aliphatic rings. The number of methoxy groups -OCH3 is 1. The zero-order valence-electron chi connectivity index (χ0n) is 21.3. The Morgan fingerprint density at radius 2 is 1.89 bits per heavy atom. The van der Waals surface area contributed by atoms with Crippen LogP contribution in [0.4, 0.5) is 17.3 Å². The molecular formula is C28H31N7O2. The monoisotopic (exact) mass is 497 g/mol. The quantitative estimate of drug-likeness (QED) is 0.334. The van der Waals surface area contributed by atoms with Gasteiger partial charge in [-0.05, 0) is 48.7 Å². The first-order chi connectivity index (χ1) is 17.7. The summed E-state index contributed by atoms with van der Waals surface area (Å²) in [6.07, 6.45) is 3.02. The maximum atomic E-state index is 13.3. The van der Waals surface area contributed by atoms with E-state index in [1.54, 1.807) is 17.0 Å². The summed E-state index contributed by atoms with van der Waals surface area (Å²) in [4.78, 5) is 26.7. The third kappa shape index (κ3) is 4.77. The minimum atomic E-state index is -0.122. The SMILES string of the molecule is C=C(C=N)c1cc(C(=O)N2CC(N3Cc4cnc(Nc5cc(C)cc(C)c5)nc4C3)C2)c(OC)cc1N. The number of rotatable bonds is 7. The molecule has 3 aromatic rings. The molecule has 0 atom stereocenters. The van der Waals surface area contributed by atoms with Crippen molar-refractivity contribution in [2.45, 2.75) is 33.0 Å². The summed E-state index contributed by atoms with van der Waals surface area (Å²) in [6.45, 7) is 10.7. The van der Waals surface area contributed by atoms with E-state index >= 15 is 0 Å². The van der Waals surface area contributed by atoms with Crippen LogP contribution in [-0.2, 0) is 13.1 Å². The predicted octanol–water partition coefficient (Wildman–Crippen LogP) is 3.93. The predicted molar refractivity (Wildman–Crippen MR) is 145 cm³/mol. The molecule has 0 aliphatic carbocycles. The van der Waals surface area contributed by atoms with Gasteiger partial charge in [0.1, 0.15) is 5.75 Å². The van der Waals surface area contributed by atoms with Crippen molar-refractivity contribution < 1.29 is 9.53 Å². The summed E-state index contributed by atoms with van der Waals surface area (Å²) in [7, 11) is 1.52. The lowest BCUT2D eigenvalue weighted by molar-refractivity contribution is 0.0246. The van der Waals surface area contributed by atoms with Gasteiger partial charge in [-0.15, -0.1) is 0 Å². The molecule has 0 unspecified atom stereocenters. The van der Waals surface area contributed by atoms with Gasteiger partial charge >= 0.3 is 0 Å². The molecule has 0 saturated carbocycles. The van der Waals surface area contributed by atoms with Crippen LogP contribution in [0.2, 0.25) is 0 Å². The van der Waals surface area contributed by atoms with Gasteiger partial charge in [0.25, 0.3) is 5.91 Å². The Balaban J connectivity index is 1.24. The molecule has 1 saturated heterocycles. The van der Waals surface area contributed by atoms with Crippen molar-refractivity contribution in [2.75, 3.05) is 31.2 Å². The van der Waals surface area contributed by atoms with Crippen molar-refractivity contribution in [3.8, 4) is 5.75 Å². The Morgan fingerprint density at radius 3 is 2.57 bits per heavy atom. The number of fused-ring (bicyclic) bond motifs is 1. The molecular weight excluding hydrogens is 466 g/mol. The van der Waals surface area contributed by atoms with E-state index in [-0.39, 0.29) is 11.9 Å². The van der Waals surface area contributed by atoms with Crippen molar-refractivity contribution in [3.05, 3.63) is 76.6 Å². The summed E-state index contributed by atoms with van der Waals surface area (Å²) in [5.74, 6) is 0.887. The molecule has 9 heteroatoms. The highest BCUT2D eigenvalue weighted by atomic mass is 16.5. The Bertz CT molecular complexity index is 1390. The number of allylic oxidation sites excluding steroid dienone is 1. The fourth-order valence-electron chi connectivity index (χ4n) is 4.98. The van der Waals surface area contributed by atoms with E-state index in [1.165, 1.54) is 18.2 Å². The highest BCUT2D eigenvalue weighted by Gasteiger charge is 2.39. The van der Waals surface area contributed by atoms with Gasteiger partial charge in [-0.25, -0.2) is 9.97 Å². The highest BCUT2D eigenvalue weighted by molar-refractivity contribution is 6.11. The van der Waals surface area contributed by atoms with Crippen LogP contribution in [0.5, 0.6) is 5.75 Å². The van der Waals surface area contributed by atoms with Gasteiger partial charge in [-0.3, -0.25) is 9.69 Å². The average molecular weight is 498 g/mol. The minimum absolute atomic E-state index is 0.122. The van der Waals surface area contributed by atoms with Crippen LogP contribution in [0.15, 0.2) is 43.1 Å². The normalized spacial score (nSPS) is 15.2. The van der Waals surface area contributed by atoms with E-state index in [0.29, 0.717) is 47.2 Å².